The number of nitrogens with one attached hydrogen (secondary N) is 1. The van der Waals surface area contributed by atoms with Gasteiger partial charge in [0.25, 0.3) is 10.0 Å². The van der Waals surface area contributed by atoms with Gasteiger partial charge in [-0.3, -0.25) is 4.79 Å². The number of aryl methyl sites for hydroxylation is 1. The highest BCUT2D eigenvalue weighted by Gasteiger charge is 2.63. The van der Waals surface area contributed by atoms with E-state index in [9.17, 15) is 18.3 Å². The molecule has 1 saturated carbocycles. The number of benzene rings is 1. The third kappa shape index (κ3) is 3.24. The fourth-order valence-corrected chi connectivity index (χ4v) is 6.19. The normalized spacial score (nSPS) is 21.6. The Morgan fingerprint density at radius 3 is 2.64 bits per heavy atom. The van der Waals surface area contributed by atoms with E-state index >= 15 is 0 Å². The van der Waals surface area contributed by atoms with Crippen LogP contribution in [-0.2, 0) is 14.8 Å². The van der Waals surface area contributed by atoms with Crippen LogP contribution in [-0.4, -0.2) is 30.0 Å². The zero-order valence-corrected chi connectivity index (χ0v) is 16.9. The van der Waals surface area contributed by atoms with E-state index in [1.807, 2.05) is 6.07 Å². The summed E-state index contributed by atoms with van der Waals surface area (Å²) >= 11 is 6.93. The molecule has 0 bridgehead atoms. The average Bonchev–Trinajstić information content (AvgIpc) is 2.98. The van der Waals surface area contributed by atoms with Crippen molar-refractivity contribution in [2.45, 2.75) is 29.0 Å². The van der Waals surface area contributed by atoms with Gasteiger partial charge in [0.1, 0.15) is 15.4 Å². The van der Waals surface area contributed by atoms with Crippen LogP contribution in [0.2, 0.25) is 5.22 Å². The number of nitrogens with zero attached hydrogens (tertiary/aromatic N) is 1. The van der Waals surface area contributed by atoms with E-state index in [-0.39, 0.29) is 15.8 Å². The average molecular weight is 439 g/mol. The first kappa shape index (κ1) is 19.1. The first-order valence-electron chi connectivity index (χ1n) is 8.28. The minimum atomic E-state index is -4.05. The SMILES string of the molecule is Cc1nc(-c2ccc(S(=O)(=O)NC3(C(=O)O)CC3c3ccccc3)s2)c(Cl)o1. The van der Waals surface area contributed by atoms with Crippen LogP contribution in [0.15, 0.2) is 51.1 Å². The third-order valence-electron chi connectivity index (χ3n) is 4.63. The van der Waals surface area contributed by atoms with Crippen LogP contribution in [0.4, 0.5) is 0 Å². The van der Waals surface area contributed by atoms with Crippen molar-refractivity contribution in [2.24, 2.45) is 0 Å². The van der Waals surface area contributed by atoms with Crippen molar-refractivity contribution >= 4 is 38.9 Å². The van der Waals surface area contributed by atoms with Crippen LogP contribution >= 0.6 is 22.9 Å². The minimum Gasteiger partial charge on any atom is -0.480 e. The molecule has 1 aromatic carbocycles. The van der Waals surface area contributed by atoms with E-state index in [2.05, 4.69) is 9.71 Å². The molecule has 0 spiro atoms. The molecule has 2 unspecified atom stereocenters. The zero-order chi connectivity index (χ0) is 20.1. The second-order valence-electron chi connectivity index (χ2n) is 6.52. The number of carboxylic acid groups (broad SMARTS) is 1. The predicted octanol–water partition coefficient (Wildman–Crippen LogP) is 3.65. The molecule has 10 heteroatoms. The molecule has 7 nitrogen and oxygen atoms in total. The Labute approximate surface area is 170 Å². The molecule has 2 N–H and O–H groups in total. The number of carboxylic acids is 1. The predicted molar refractivity (Wildman–Crippen MR) is 104 cm³/mol. The molecule has 2 heterocycles. The topological polar surface area (TPSA) is 110 Å². The second-order valence-corrected chi connectivity index (χ2v) is 9.86. The summed E-state index contributed by atoms with van der Waals surface area (Å²) < 4.78 is 33.3. The first-order valence-corrected chi connectivity index (χ1v) is 11.0. The van der Waals surface area contributed by atoms with Crippen LogP contribution in [0.3, 0.4) is 0 Å². The summed E-state index contributed by atoms with van der Waals surface area (Å²) in [6.45, 7) is 1.63. The zero-order valence-electron chi connectivity index (χ0n) is 14.5. The Balaban J connectivity index is 1.62. The molecule has 1 aliphatic rings. The maximum absolute atomic E-state index is 12.9. The molecular weight excluding hydrogens is 424 g/mol. The smallest absolute Gasteiger partial charge is 0.325 e. The highest BCUT2D eigenvalue weighted by Crippen LogP contribution is 2.52. The first-order chi connectivity index (χ1) is 13.2. The van der Waals surface area contributed by atoms with Crippen molar-refractivity contribution in [1.82, 2.24) is 9.71 Å². The van der Waals surface area contributed by atoms with Gasteiger partial charge >= 0.3 is 5.97 Å². The molecule has 4 rings (SSSR count). The number of aromatic nitrogens is 1. The summed E-state index contributed by atoms with van der Waals surface area (Å²) in [5.74, 6) is -1.26. The van der Waals surface area contributed by atoms with Gasteiger partial charge in [-0.1, -0.05) is 30.3 Å². The molecule has 1 aliphatic carbocycles. The van der Waals surface area contributed by atoms with E-state index in [0.29, 0.717) is 16.5 Å². The van der Waals surface area contributed by atoms with Gasteiger partial charge in [-0.15, -0.1) is 11.3 Å². The molecule has 0 radical (unpaired) electrons. The Morgan fingerprint density at radius 2 is 2.04 bits per heavy atom. The number of sulfonamides is 1. The Morgan fingerprint density at radius 1 is 1.32 bits per heavy atom. The second kappa shape index (κ2) is 6.70. The lowest BCUT2D eigenvalue weighted by molar-refractivity contribution is -0.140. The number of aliphatic carboxylic acids is 1. The van der Waals surface area contributed by atoms with Crippen molar-refractivity contribution in [3.8, 4) is 10.6 Å². The summed E-state index contributed by atoms with van der Waals surface area (Å²) in [6.07, 6.45) is 0.193. The number of halogens is 1. The van der Waals surface area contributed by atoms with E-state index in [4.69, 9.17) is 16.0 Å². The molecule has 28 heavy (non-hydrogen) atoms. The Kier molecular flexibility index (Phi) is 4.58. The van der Waals surface area contributed by atoms with Crippen molar-refractivity contribution in [2.75, 3.05) is 0 Å². The lowest BCUT2D eigenvalue weighted by Gasteiger charge is -2.14. The van der Waals surface area contributed by atoms with Crippen LogP contribution in [0.1, 0.15) is 23.8 Å². The summed E-state index contributed by atoms with van der Waals surface area (Å²) in [4.78, 5) is 16.5. The molecule has 3 aromatic rings. The quantitative estimate of drug-likeness (QED) is 0.607. The molecule has 146 valence electrons. The lowest BCUT2D eigenvalue weighted by atomic mass is 10.1. The Hall–Kier alpha value is -2.20. The maximum atomic E-state index is 12.9. The highest BCUT2D eigenvalue weighted by atomic mass is 35.5. The van der Waals surface area contributed by atoms with E-state index < -0.39 is 27.4 Å². The van der Waals surface area contributed by atoms with Gasteiger partial charge in [0.2, 0.25) is 5.22 Å². The van der Waals surface area contributed by atoms with Crippen molar-refractivity contribution in [3.05, 3.63) is 59.1 Å². The largest absolute Gasteiger partial charge is 0.480 e. The number of thiophene rings is 1. The standard InChI is InChI=1S/C18H15ClN2O5S2/c1-10-20-15(16(19)26-10)13-7-8-14(27-13)28(24,25)21-18(17(22)23)9-12(18)11-5-3-2-4-6-11/h2-8,12,21H,9H2,1H3,(H,22,23). The summed E-state index contributed by atoms with van der Waals surface area (Å²) in [5.41, 5.74) is -0.414. The molecule has 1 fully saturated rings. The van der Waals surface area contributed by atoms with Gasteiger partial charge in [0, 0.05) is 12.8 Å². The maximum Gasteiger partial charge on any atom is 0.325 e. The van der Waals surface area contributed by atoms with Gasteiger partial charge in [-0.25, -0.2) is 13.4 Å². The molecule has 0 saturated heterocycles. The van der Waals surface area contributed by atoms with E-state index in [1.165, 1.54) is 6.07 Å². The molecule has 2 aromatic heterocycles. The minimum absolute atomic E-state index is 0.0152. The number of hydrogen-bond acceptors (Lipinski definition) is 6. The molecular formula is C18H15ClN2O5S2. The fraction of sp³-hybridized carbons (Fsp3) is 0.222. The van der Waals surface area contributed by atoms with Crippen LogP contribution in [0.25, 0.3) is 10.6 Å². The lowest BCUT2D eigenvalue weighted by Crippen LogP contribution is -2.44. The van der Waals surface area contributed by atoms with Crippen molar-refractivity contribution in [1.29, 1.82) is 0 Å². The monoisotopic (exact) mass is 438 g/mol. The van der Waals surface area contributed by atoms with Gasteiger partial charge in [0.15, 0.2) is 5.89 Å². The van der Waals surface area contributed by atoms with Crippen LogP contribution in [0.5, 0.6) is 0 Å². The number of hydrogen-bond donors (Lipinski definition) is 2. The molecule has 0 amide bonds. The summed E-state index contributed by atoms with van der Waals surface area (Å²) in [6, 6.07) is 12.0. The van der Waals surface area contributed by atoms with E-state index in [0.717, 1.165) is 16.9 Å². The van der Waals surface area contributed by atoms with Crippen molar-refractivity contribution < 1.29 is 22.7 Å². The van der Waals surface area contributed by atoms with Crippen molar-refractivity contribution in [3.63, 3.8) is 0 Å². The van der Waals surface area contributed by atoms with Gasteiger partial charge in [0.05, 0.1) is 4.88 Å². The highest BCUT2D eigenvalue weighted by molar-refractivity contribution is 7.91. The van der Waals surface area contributed by atoms with E-state index in [1.54, 1.807) is 37.3 Å². The third-order valence-corrected chi connectivity index (χ3v) is 7.98. The molecule has 2 atom stereocenters. The fourth-order valence-electron chi connectivity index (χ4n) is 3.18. The number of oxazole rings is 1. The summed E-state index contributed by atoms with van der Waals surface area (Å²) in [5, 5.41) is 9.78. The van der Waals surface area contributed by atoms with Gasteiger partial charge in [-0.05, 0) is 35.7 Å². The van der Waals surface area contributed by atoms with Crippen LogP contribution < -0.4 is 4.72 Å². The summed E-state index contributed by atoms with van der Waals surface area (Å²) in [7, 11) is -4.05. The molecule has 0 aliphatic heterocycles. The Bertz CT molecular complexity index is 1160. The number of rotatable bonds is 6. The van der Waals surface area contributed by atoms with Crippen LogP contribution in [0, 0.1) is 6.92 Å². The van der Waals surface area contributed by atoms with Gasteiger partial charge < -0.3 is 9.52 Å². The van der Waals surface area contributed by atoms with Gasteiger partial charge in [-0.2, -0.15) is 4.72 Å². The number of carbonyl (C=O) groups is 1.